The van der Waals surface area contributed by atoms with E-state index in [2.05, 4.69) is 0 Å². The predicted octanol–water partition coefficient (Wildman–Crippen LogP) is 5.46. The fraction of sp³-hybridized carbons (Fsp3) is 0.455. The largest absolute Gasteiger partial charge is 0.483 e. The lowest BCUT2D eigenvalue weighted by Gasteiger charge is -2.35. The summed E-state index contributed by atoms with van der Waals surface area (Å²) in [6.07, 6.45) is -0.159. The van der Waals surface area contributed by atoms with Crippen molar-refractivity contribution in [2.45, 2.75) is 58.8 Å². The molecular weight excluding hydrogens is 331 g/mol. The number of halogens is 1. The van der Waals surface area contributed by atoms with Crippen LogP contribution in [0.2, 0.25) is 0 Å². The Hall–Kier alpha value is -1.91. The maximum absolute atomic E-state index is 13.6. The number of benzene rings is 2. The minimum absolute atomic E-state index is 0.159. The van der Waals surface area contributed by atoms with Gasteiger partial charge < -0.3 is 14.6 Å². The molecule has 0 radical (unpaired) electrons. The SMILES string of the molecule is COC(C)(C)C(C)(C)O.Cc1ccc(OC(C)c2ccccc2)c(F)c1. The summed E-state index contributed by atoms with van der Waals surface area (Å²) >= 11 is 0. The Morgan fingerprint density at radius 3 is 2.00 bits per heavy atom. The Morgan fingerprint density at radius 2 is 1.58 bits per heavy atom. The van der Waals surface area contributed by atoms with Crippen molar-refractivity contribution in [1.29, 1.82) is 0 Å². The molecule has 0 amide bonds. The van der Waals surface area contributed by atoms with E-state index in [1.54, 1.807) is 27.0 Å². The predicted molar refractivity (Wildman–Crippen MR) is 104 cm³/mol. The van der Waals surface area contributed by atoms with Crippen molar-refractivity contribution in [2.75, 3.05) is 7.11 Å². The molecule has 0 saturated heterocycles. The summed E-state index contributed by atoms with van der Waals surface area (Å²) in [5.74, 6) is -0.0141. The number of ether oxygens (including phenoxy) is 2. The molecule has 144 valence electrons. The lowest BCUT2D eigenvalue weighted by atomic mass is 9.90. The molecule has 2 aromatic rings. The molecule has 26 heavy (non-hydrogen) atoms. The Balaban J connectivity index is 0.000000321. The highest BCUT2D eigenvalue weighted by Crippen LogP contribution is 2.25. The molecular formula is C22H31FO3. The smallest absolute Gasteiger partial charge is 0.165 e. The van der Waals surface area contributed by atoms with Crippen LogP contribution in [0.5, 0.6) is 5.75 Å². The van der Waals surface area contributed by atoms with Gasteiger partial charge in [0.1, 0.15) is 6.10 Å². The third-order valence-electron chi connectivity index (χ3n) is 4.64. The molecule has 3 nitrogen and oxygen atoms in total. The zero-order chi connectivity index (χ0) is 20.0. The van der Waals surface area contributed by atoms with E-state index in [9.17, 15) is 9.50 Å². The molecule has 0 aliphatic carbocycles. The standard InChI is InChI=1S/C15H15FO.C7H16O2/c1-11-8-9-15(14(16)10-11)17-12(2)13-6-4-3-5-7-13;1-6(2,8)7(3,4)9-5/h3-10,12H,1-2H3;8H,1-5H3. The first-order valence-corrected chi connectivity index (χ1v) is 8.73. The van der Waals surface area contributed by atoms with E-state index in [-0.39, 0.29) is 11.9 Å². The van der Waals surface area contributed by atoms with E-state index in [0.29, 0.717) is 5.75 Å². The summed E-state index contributed by atoms with van der Waals surface area (Å²) in [5.41, 5.74) is 0.684. The fourth-order valence-electron chi connectivity index (χ4n) is 1.93. The van der Waals surface area contributed by atoms with Gasteiger partial charge in [-0.1, -0.05) is 36.4 Å². The highest BCUT2D eigenvalue weighted by Gasteiger charge is 2.34. The van der Waals surface area contributed by atoms with Gasteiger partial charge in [-0.3, -0.25) is 0 Å². The first-order valence-electron chi connectivity index (χ1n) is 8.73. The van der Waals surface area contributed by atoms with E-state index in [1.165, 1.54) is 6.07 Å². The maximum Gasteiger partial charge on any atom is 0.165 e. The Bertz CT molecular complexity index is 676. The van der Waals surface area contributed by atoms with Crippen LogP contribution in [0.3, 0.4) is 0 Å². The van der Waals surface area contributed by atoms with Gasteiger partial charge in [-0.05, 0) is 64.8 Å². The third-order valence-corrected chi connectivity index (χ3v) is 4.64. The van der Waals surface area contributed by atoms with E-state index in [0.717, 1.165) is 11.1 Å². The van der Waals surface area contributed by atoms with Crippen molar-refractivity contribution in [3.8, 4) is 5.75 Å². The molecule has 2 rings (SSSR count). The maximum atomic E-state index is 13.6. The number of methoxy groups -OCH3 is 1. The number of hydrogen-bond acceptors (Lipinski definition) is 3. The van der Waals surface area contributed by atoms with E-state index in [1.807, 2.05) is 64.1 Å². The molecule has 0 saturated carbocycles. The van der Waals surface area contributed by atoms with Crippen molar-refractivity contribution >= 4 is 0 Å². The minimum atomic E-state index is -0.776. The van der Waals surface area contributed by atoms with Gasteiger partial charge in [-0.25, -0.2) is 4.39 Å². The van der Waals surface area contributed by atoms with Crippen LogP contribution >= 0.6 is 0 Å². The molecule has 1 unspecified atom stereocenters. The molecule has 0 heterocycles. The molecule has 0 bridgehead atoms. The molecule has 1 N–H and O–H groups in total. The molecule has 0 aliphatic rings. The summed E-state index contributed by atoms with van der Waals surface area (Å²) in [4.78, 5) is 0. The van der Waals surface area contributed by atoms with Crippen LogP contribution in [0, 0.1) is 12.7 Å². The quantitative estimate of drug-likeness (QED) is 0.768. The summed E-state index contributed by atoms with van der Waals surface area (Å²) < 4.78 is 24.3. The Morgan fingerprint density at radius 1 is 1.00 bits per heavy atom. The van der Waals surface area contributed by atoms with Gasteiger partial charge in [-0.15, -0.1) is 0 Å². The monoisotopic (exact) mass is 362 g/mol. The van der Waals surface area contributed by atoms with Crippen LogP contribution in [-0.2, 0) is 4.74 Å². The number of rotatable bonds is 5. The summed E-state index contributed by atoms with van der Waals surface area (Å²) in [5, 5.41) is 9.42. The van der Waals surface area contributed by atoms with Gasteiger partial charge in [0.25, 0.3) is 0 Å². The second-order valence-corrected chi connectivity index (χ2v) is 7.38. The molecule has 1 atom stereocenters. The van der Waals surface area contributed by atoms with Crippen molar-refractivity contribution in [1.82, 2.24) is 0 Å². The molecule has 0 aromatic heterocycles. The van der Waals surface area contributed by atoms with Crippen molar-refractivity contribution in [3.63, 3.8) is 0 Å². The van der Waals surface area contributed by atoms with Crippen molar-refractivity contribution in [3.05, 3.63) is 65.5 Å². The van der Waals surface area contributed by atoms with Gasteiger partial charge in [0, 0.05) is 7.11 Å². The van der Waals surface area contributed by atoms with Crippen LogP contribution < -0.4 is 4.74 Å². The minimum Gasteiger partial charge on any atom is -0.483 e. The summed E-state index contributed by atoms with van der Waals surface area (Å²) in [6, 6.07) is 14.8. The normalized spacial score (nSPS) is 12.8. The number of hydrogen-bond donors (Lipinski definition) is 1. The average Bonchev–Trinajstić information content (AvgIpc) is 2.57. The van der Waals surface area contributed by atoms with Gasteiger partial charge in [-0.2, -0.15) is 0 Å². The molecule has 4 heteroatoms. The molecule has 2 aromatic carbocycles. The molecule has 0 spiro atoms. The summed E-state index contributed by atoms with van der Waals surface area (Å²) in [6.45, 7) is 10.9. The van der Waals surface area contributed by atoms with Gasteiger partial charge >= 0.3 is 0 Å². The second-order valence-electron chi connectivity index (χ2n) is 7.38. The first kappa shape index (κ1) is 22.1. The second kappa shape index (κ2) is 9.15. The zero-order valence-corrected chi connectivity index (χ0v) is 16.8. The number of aliphatic hydroxyl groups is 1. The highest BCUT2D eigenvalue weighted by atomic mass is 19.1. The van der Waals surface area contributed by atoms with Gasteiger partial charge in [0.05, 0.1) is 11.2 Å². The van der Waals surface area contributed by atoms with Gasteiger partial charge in [0.15, 0.2) is 11.6 Å². The third kappa shape index (κ3) is 6.43. The van der Waals surface area contributed by atoms with Gasteiger partial charge in [0.2, 0.25) is 0 Å². The molecule has 0 aliphatic heterocycles. The van der Waals surface area contributed by atoms with Crippen LogP contribution in [0.25, 0.3) is 0 Å². The fourth-order valence-corrected chi connectivity index (χ4v) is 1.93. The van der Waals surface area contributed by atoms with Crippen molar-refractivity contribution in [2.24, 2.45) is 0 Å². The average molecular weight is 362 g/mol. The van der Waals surface area contributed by atoms with E-state index in [4.69, 9.17) is 9.47 Å². The lowest BCUT2D eigenvalue weighted by Crippen LogP contribution is -2.46. The first-order chi connectivity index (χ1) is 12.0. The zero-order valence-electron chi connectivity index (χ0n) is 16.8. The van der Waals surface area contributed by atoms with Crippen molar-refractivity contribution < 1.29 is 19.0 Å². The topological polar surface area (TPSA) is 38.7 Å². The Kier molecular flexibility index (Phi) is 7.79. The highest BCUT2D eigenvalue weighted by molar-refractivity contribution is 5.29. The summed E-state index contributed by atoms with van der Waals surface area (Å²) in [7, 11) is 1.60. The van der Waals surface area contributed by atoms with E-state index >= 15 is 0 Å². The van der Waals surface area contributed by atoms with Crippen LogP contribution in [0.4, 0.5) is 4.39 Å². The Labute approximate surface area is 156 Å². The van der Waals surface area contributed by atoms with E-state index < -0.39 is 11.2 Å². The lowest BCUT2D eigenvalue weighted by molar-refractivity contribution is -0.129. The molecule has 0 fully saturated rings. The van der Waals surface area contributed by atoms with Crippen LogP contribution in [0.15, 0.2) is 48.5 Å². The van der Waals surface area contributed by atoms with Crippen LogP contribution in [0.1, 0.15) is 51.8 Å². The number of aryl methyl sites for hydroxylation is 1. The van der Waals surface area contributed by atoms with Crippen LogP contribution in [-0.4, -0.2) is 23.4 Å².